The minimum absolute atomic E-state index is 0.0492. The van der Waals surface area contributed by atoms with Crippen molar-refractivity contribution in [2.75, 3.05) is 21.3 Å². The predicted octanol–water partition coefficient (Wildman–Crippen LogP) is 4.69. The van der Waals surface area contributed by atoms with Crippen LogP contribution in [-0.4, -0.2) is 33.1 Å². The maximum absolute atomic E-state index is 13.8. The highest BCUT2D eigenvalue weighted by atomic mass is 19.1. The first-order valence-corrected chi connectivity index (χ1v) is 9.80. The third-order valence-electron chi connectivity index (χ3n) is 4.97. The van der Waals surface area contributed by atoms with E-state index in [2.05, 4.69) is 0 Å². The van der Waals surface area contributed by atoms with Gasteiger partial charge in [-0.05, 0) is 42.5 Å². The number of hydrogen-bond acceptors (Lipinski definition) is 7. The van der Waals surface area contributed by atoms with Crippen molar-refractivity contribution in [2.45, 2.75) is 0 Å². The molecule has 0 N–H and O–H groups in total. The highest BCUT2D eigenvalue weighted by Crippen LogP contribution is 2.42. The first-order valence-electron chi connectivity index (χ1n) is 9.80. The van der Waals surface area contributed by atoms with Crippen LogP contribution in [0.2, 0.25) is 0 Å². The summed E-state index contributed by atoms with van der Waals surface area (Å²) in [5.41, 5.74) is 0.639. The summed E-state index contributed by atoms with van der Waals surface area (Å²) in [4.78, 5) is 25.1. The summed E-state index contributed by atoms with van der Waals surface area (Å²) < 4.78 is 40.9. The Balaban J connectivity index is 1.61. The van der Waals surface area contributed by atoms with E-state index in [1.54, 1.807) is 12.1 Å². The highest BCUT2D eigenvalue weighted by molar-refractivity contribution is 6.14. The largest absolute Gasteiger partial charge is 0.493 e. The summed E-state index contributed by atoms with van der Waals surface area (Å²) in [5.74, 6) is -0.311. The van der Waals surface area contributed by atoms with Crippen molar-refractivity contribution >= 4 is 17.8 Å². The SMILES string of the molecule is COc1ccc(/C=C2\Oc3cc(OC(=O)c4ccccc4F)ccc3C2=O)c(OC)c1OC. The zero-order chi connectivity index (χ0) is 23.5. The van der Waals surface area contributed by atoms with Crippen LogP contribution >= 0.6 is 0 Å². The molecule has 1 aliphatic rings. The summed E-state index contributed by atoms with van der Waals surface area (Å²) in [5, 5.41) is 0. The molecule has 0 spiro atoms. The molecule has 0 unspecified atom stereocenters. The highest BCUT2D eigenvalue weighted by Gasteiger charge is 2.29. The molecule has 3 aromatic carbocycles. The Bertz CT molecular complexity index is 1280. The van der Waals surface area contributed by atoms with E-state index in [0.29, 0.717) is 28.4 Å². The number of esters is 1. The average molecular weight is 450 g/mol. The van der Waals surface area contributed by atoms with Crippen LogP contribution in [0, 0.1) is 5.82 Å². The summed E-state index contributed by atoms with van der Waals surface area (Å²) in [6.45, 7) is 0. The first-order chi connectivity index (χ1) is 16.0. The zero-order valence-electron chi connectivity index (χ0n) is 18.0. The lowest BCUT2D eigenvalue weighted by atomic mass is 10.1. The molecule has 0 aromatic heterocycles. The number of benzene rings is 3. The second kappa shape index (κ2) is 9.04. The van der Waals surface area contributed by atoms with Gasteiger partial charge in [-0.25, -0.2) is 9.18 Å². The van der Waals surface area contributed by atoms with Crippen molar-refractivity contribution in [3.05, 3.63) is 82.9 Å². The van der Waals surface area contributed by atoms with Gasteiger partial charge >= 0.3 is 5.97 Å². The van der Waals surface area contributed by atoms with Gasteiger partial charge in [0.2, 0.25) is 11.5 Å². The lowest BCUT2D eigenvalue weighted by molar-refractivity contribution is 0.0729. The number of rotatable bonds is 6. The van der Waals surface area contributed by atoms with E-state index >= 15 is 0 Å². The van der Waals surface area contributed by atoms with E-state index in [1.165, 1.54) is 69.9 Å². The van der Waals surface area contributed by atoms with Crippen LogP contribution in [-0.2, 0) is 0 Å². The van der Waals surface area contributed by atoms with Crippen LogP contribution in [0.1, 0.15) is 26.3 Å². The quantitative estimate of drug-likeness (QED) is 0.306. The molecule has 33 heavy (non-hydrogen) atoms. The van der Waals surface area contributed by atoms with Crippen molar-refractivity contribution in [3.63, 3.8) is 0 Å². The molecule has 0 bridgehead atoms. The summed E-state index contributed by atoms with van der Waals surface area (Å²) >= 11 is 0. The van der Waals surface area contributed by atoms with E-state index in [0.717, 1.165) is 0 Å². The molecule has 7 nitrogen and oxygen atoms in total. The summed E-state index contributed by atoms with van der Waals surface area (Å²) in [6.07, 6.45) is 1.52. The third-order valence-corrected chi connectivity index (χ3v) is 4.97. The minimum Gasteiger partial charge on any atom is -0.493 e. The van der Waals surface area contributed by atoms with E-state index in [-0.39, 0.29) is 28.6 Å². The minimum atomic E-state index is -0.858. The second-order valence-corrected chi connectivity index (χ2v) is 6.89. The fourth-order valence-corrected chi connectivity index (χ4v) is 3.40. The van der Waals surface area contributed by atoms with Gasteiger partial charge in [-0.1, -0.05) is 12.1 Å². The molecule has 3 aromatic rings. The van der Waals surface area contributed by atoms with Crippen molar-refractivity contribution < 1.29 is 37.7 Å². The normalized spacial score (nSPS) is 13.3. The molecule has 4 rings (SSSR count). The number of carbonyl (C=O) groups is 2. The molecule has 0 saturated carbocycles. The predicted molar refractivity (Wildman–Crippen MR) is 117 cm³/mol. The van der Waals surface area contributed by atoms with Gasteiger partial charge in [-0.15, -0.1) is 0 Å². The van der Waals surface area contributed by atoms with Gasteiger partial charge in [0.15, 0.2) is 17.3 Å². The number of carbonyl (C=O) groups excluding carboxylic acids is 2. The van der Waals surface area contributed by atoms with Gasteiger partial charge in [0.1, 0.15) is 17.3 Å². The third kappa shape index (κ3) is 4.10. The molecule has 0 aliphatic carbocycles. The van der Waals surface area contributed by atoms with E-state index in [4.69, 9.17) is 23.7 Å². The Kier molecular flexibility index (Phi) is 5.99. The van der Waals surface area contributed by atoms with E-state index in [1.807, 2.05) is 0 Å². The monoisotopic (exact) mass is 450 g/mol. The molecule has 0 saturated heterocycles. The van der Waals surface area contributed by atoms with Crippen molar-refractivity contribution in [3.8, 4) is 28.7 Å². The molecule has 0 fully saturated rings. The van der Waals surface area contributed by atoms with Gasteiger partial charge in [0.05, 0.1) is 32.5 Å². The lowest BCUT2D eigenvalue weighted by Crippen LogP contribution is -2.10. The van der Waals surface area contributed by atoms with Gasteiger partial charge in [-0.3, -0.25) is 4.79 Å². The zero-order valence-corrected chi connectivity index (χ0v) is 18.0. The molecule has 8 heteroatoms. The fourth-order valence-electron chi connectivity index (χ4n) is 3.40. The first kappa shape index (κ1) is 21.9. The topological polar surface area (TPSA) is 80.3 Å². The van der Waals surface area contributed by atoms with Crippen LogP contribution in [0.5, 0.6) is 28.7 Å². The maximum atomic E-state index is 13.8. The number of fused-ring (bicyclic) bond motifs is 1. The van der Waals surface area contributed by atoms with E-state index in [9.17, 15) is 14.0 Å². The van der Waals surface area contributed by atoms with Crippen LogP contribution in [0.3, 0.4) is 0 Å². The van der Waals surface area contributed by atoms with Crippen LogP contribution < -0.4 is 23.7 Å². The van der Waals surface area contributed by atoms with Crippen molar-refractivity contribution in [1.29, 1.82) is 0 Å². The fraction of sp³-hybridized carbons (Fsp3) is 0.120. The van der Waals surface area contributed by atoms with Gasteiger partial charge in [0.25, 0.3) is 0 Å². The molecular formula is C25H19FO7. The van der Waals surface area contributed by atoms with Gasteiger partial charge in [0, 0.05) is 11.6 Å². The average Bonchev–Trinajstić information content (AvgIpc) is 3.13. The number of halogens is 1. The standard InChI is InChI=1S/C25H19FO7/c1-29-19-11-8-14(23(30-2)24(19)31-3)12-21-22(27)17-10-9-15(13-20(17)33-21)32-25(28)16-6-4-5-7-18(16)26/h4-13H,1-3H3/b21-12-. The molecule has 0 radical (unpaired) electrons. The molecular weight excluding hydrogens is 431 g/mol. The molecule has 1 heterocycles. The molecule has 1 aliphatic heterocycles. The van der Waals surface area contributed by atoms with Crippen LogP contribution in [0.4, 0.5) is 4.39 Å². The van der Waals surface area contributed by atoms with Crippen LogP contribution in [0.25, 0.3) is 6.08 Å². The Labute approximate surface area is 188 Å². The number of Topliss-reactive ketones (excluding diaryl/α,β-unsaturated/α-hetero) is 1. The Morgan fingerprint density at radius 1 is 0.939 bits per heavy atom. The molecule has 0 atom stereocenters. The van der Waals surface area contributed by atoms with Crippen molar-refractivity contribution in [2.24, 2.45) is 0 Å². The van der Waals surface area contributed by atoms with Gasteiger partial charge < -0.3 is 23.7 Å². The molecule has 0 amide bonds. The Morgan fingerprint density at radius 2 is 1.70 bits per heavy atom. The lowest BCUT2D eigenvalue weighted by Gasteiger charge is -2.14. The number of methoxy groups -OCH3 is 3. The Hall–Kier alpha value is -4.33. The van der Waals surface area contributed by atoms with E-state index < -0.39 is 11.8 Å². The number of allylic oxidation sites excluding steroid dienone is 1. The van der Waals surface area contributed by atoms with Crippen LogP contribution in [0.15, 0.2) is 60.4 Å². The number of ether oxygens (including phenoxy) is 5. The summed E-state index contributed by atoms with van der Waals surface area (Å²) in [6, 6.07) is 13.2. The van der Waals surface area contributed by atoms with Gasteiger partial charge in [-0.2, -0.15) is 0 Å². The smallest absolute Gasteiger partial charge is 0.346 e. The number of hydrogen-bond donors (Lipinski definition) is 0. The van der Waals surface area contributed by atoms with Crippen molar-refractivity contribution in [1.82, 2.24) is 0 Å². The number of ketones is 1. The Morgan fingerprint density at radius 3 is 2.39 bits per heavy atom. The molecule has 168 valence electrons. The second-order valence-electron chi connectivity index (χ2n) is 6.89. The summed E-state index contributed by atoms with van der Waals surface area (Å²) in [7, 11) is 4.46. The maximum Gasteiger partial charge on any atom is 0.346 e.